The monoisotopic (exact) mass is 344 g/mol. The van der Waals surface area contributed by atoms with Gasteiger partial charge in [-0.05, 0) is 12.1 Å². The van der Waals surface area contributed by atoms with Crippen molar-refractivity contribution in [1.82, 2.24) is 5.32 Å². The minimum Gasteiger partial charge on any atom is -0.288 e. The maximum atomic E-state index is 10.9. The quantitative estimate of drug-likeness (QED) is 0.553. The van der Waals surface area contributed by atoms with Gasteiger partial charge in [0, 0.05) is 22.4 Å². The maximum Gasteiger partial charge on any atom is 0.258 e. The zero-order chi connectivity index (χ0) is 7.84. The van der Waals surface area contributed by atoms with E-state index in [2.05, 4.69) is 5.32 Å². The first kappa shape index (κ1) is 9.19. The Bertz CT molecular complexity index is 316. The number of amides is 2. The van der Waals surface area contributed by atoms with E-state index in [1.54, 1.807) is 24.3 Å². The molecule has 1 aromatic carbocycles. The fraction of sp³-hybridized carbons (Fsp3) is 0. The second-order valence-electron chi connectivity index (χ2n) is 2.33. The van der Waals surface area contributed by atoms with Crippen molar-refractivity contribution in [2.24, 2.45) is 0 Å². The Kier molecular flexibility index (Phi) is 2.47. The molecule has 0 aliphatic carbocycles. The third kappa shape index (κ3) is 1.22. The molecule has 1 aromatic rings. The van der Waals surface area contributed by atoms with Crippen LogP contribution in [0.1, 0.15) is 20.7 Å². The van der Waals surface area contributed by atoms with Gasteiger partial charge in [-0.25, -0.2) is 0 Å². The van der Waals surface area contributed by atoms with Crippen molar-refractivity contribution >= 4 is 11.8 Å². The number of nitrogens with one attached hydrogen (secondary N) is 1. The summed E-state index contributed by atoms with van der Waals surface area (Å²) in [6.07, 6.45) is 0. The zero-order valence-electron chi connectivity index (χ0n) is 5.93. The Morgan fingerprint density at radius 2 is 1.33 bits per heavy atom. The van der Waals surface area contributed by atoms with Crippen LogP contribution in [0.3, 0.4) is 0 Å². The summed E-state index contributed by atoms with van der Waals surface area (Å²) < 4.78 is 0. The van der Waals surface area contributed by atoms with Crippen LogP contribution in [0.5, 0.6) is 0 Å². The van der Waals surface area contributed by atoms with Gasteiger partial charge in [0.25, 0.3) is 11.8 Å². The second-order valence-corrected chi connectivity index (χ2v) is 2.33. The van der Waals surface area contributed by atoms with E-state index < -0.39 is 0 Å². The summed E-state index contributed by atoms with van der Waals surface area (Å²) in [6.45, 7) is 0. The number of carbonyl (C=O) groups excluding carboxylic acids is 2. The molecule has 12 heavy (non-hydrogen) atoms. The Morgan fingerprint density at radius 1 is 0.917 bits per heavy atom. The van der Waals surface area contributed by atoms with E-state index in [0.717, 1.165) is 0 Å². The van der Waals surface area contributed by atoms with E-state index in [4.69, 9.17) is 0 Å². The molecule has 0 saturated carbocycles. The Balaban J connectivity index is 0.000000720. The average Bonchev–Trinajstić information content (AvgIpc) is 2.30. The molecule has 2 amide bonds. The van der Waals surface area contributed by atoms with E-state index in [0.29, 0.717) is 11.1 Å². The molecule has 0 saturated heterocycles. The summed E-state index contributed by atoms with van der Waals surface area (Å²) in [5.74, 6) is -0.601. The van der Waals surface area contributed by atoms with Gasteiger partial charge in [-0.2, -0.15) is 0 Å². The van der Waals surface area contributed by atoms with E-state index in [9.17, 15) is 9.59 Å². The smallest absolute Gasteiger partial charge is 0.258 e. The zero-order valence-corrected chi connectivity index (χ0v) is 8.09. The van der Waals surface area contributed by atoms with Crippen molar-refractivity contribution in [3.8, 4) is 0 Å². The number of fused-ring (bicyclic) bond motifs is 1. The number of imide groups is 1. The van der Waals surface area contributed by atoms with Crippen LogP contribution in [-0.4, -0.2) is 11.8 Å². The van der Waals surface area contributed by atoms with Gasteiger partial charge < -0.3 is 0 Å². The molecule has 2 rings (SSSR count). The average molecular weight is 344 g/mol. The van der Waals surface area contributed by atoms with E-state index in [1.165, 1.54) is 0 Å². The third-order valence-electron chi connectivity index (χ3n) is 1.64. The van der Waals surface area contributed by atoms with E-state index >= 15 is 0 Å². The Hall–Kier alpha value is -0.900. The molecule has 1 heterocycles. The Labute approximate surface area is 84.7 Å². The summed E-state index contributed by atoms with van der Waals surface area (Å²) in [4.78, 5) is 21.9. The molecule has 0 bridgehead atoms. The first-order chi connectivity index (χ1) is 5.29. The van der Waals surface area contributed by atoms with Crippen LogP contribution in [0.15, 0.2) is 24.3 Å². The minimum absolute atomic E-state index is 0. The molecule has 1 aliphatic rings. The molecular weight excluding hydrogens is 339 g/mol. The van der Waals surface area contributed by atoms with Gasteiger partial charge in [0.1, 0.15) is 0 Å². The summed E-state index contributed by atoms with van der Waals surface area (Å²) >= 11 is 0. The molecular formula is C8H5AuNO2. The van der Waals surface area contributed by atoms with Crippen molar-refractivity contribution in [3.05, 3.63) is 35.4 Å². The van der Waals surface area contributed by atoms with Crippen LogP contribution in [0.4, 0.5) is 0 Å². The maximum absolute atomic E-state index is 10.9. The predicted molar refractivity (Wildman–Crippen MR) is 38.2 cm³/mol. The van der Waals surface area contributed by atoms with Crippen LogP contribution in [0.2, 0.25) is 0 Å². The molecule has 0 fully saturated rings. The van der Waals surface area contributed by atoms with Gasteiger partial charge in [-0.1, -0.05) is 12.1 Å². The summed E-state index contributed by atoms with van der Waals surface area (Å²) in [6, 6.07) is 6.74. The number of benzene rings is 1. The molecule has 4 heteroatoms. The molecule has 1 aliphatic heterocycles. The number of carbonyl (C=O) groups is 2. The largest absolute Gasteiger partial charge is 0.288 e. The third-order valence-corrected chi connectivity index (χ3v) is 1.64. The van der Waals surface area contributed by atoms with Crippen LogP contribution in [0, 0.1) is 0 Å². The van der Waals surface area contributed by atoms with Crippen molar-refractivity contribution < 1.29 is 32.0 Å². The second kappa shape index (κ2) is 3.23. The van der Waals surface area contributed by atoms with Crippen LogP contribution in [-0.2, 0) is 22.4 Å². The first-order valence-electron chi connectivity index (χ1n) is 3.24. The normalized spacial score (nSPS) is 13.3. The van der Waals surface area contributed by atoms with Crippen molar-refractivity contribution in [1.29, 1.82) is 0 Å². The standard InChI is InChI=1S/C8H5NO2.Au/c10-7-5-3-1-2-4-6(5)8(11)9-7;/h1-4H,(H,9,10,11);. The molecule has 0 atom stereocenters. The fourth-order valence-corrected chi connectivity index (χ4v) is 1.12. The molecule has 0 unspecified atom stereocenters. The topological polar surface area (TPSA) is 46.2 Å². The molecule has 3 nitrogen and oxygen atoms in total. The van der Waals surface area contributed by atoms with Crippen LogP contribution < -0.4 is 5.32 Å². The van der Waals surface area contributed by atoms with Crippen molar-refractivity contribution in [2.45, 2.75) is 0 Å². The van der Waals surface area contributed by atoms with Gasteiger partial charge in [0.05, 0.1) is 11.1 Å². The van der Waals surface area contributed by atoms with Crippen molar-refractivity contribution in [2.75, 3.05) is 0 Å². The van der Waals surface area contributed by atoms with Gasteiger partial charge in [0.15, 0.2) is 0 Å². The molecule has 1 radical (unpaired) electrons. The van der Waals surface area contributed by atoms with Gasteiger partial charge >= 0.3 is 0 Å². The summed E-state index contributed by atoms with van der Waals surface area (Å²) in [5.41, 5.74) is 0.940. The van der Waals surface area contributed by atoms with E-state index in [-0.39, 0.29) is 34.2 Å². The van der Waals surface area contributed by atoms with Crippen molar-refractivity contribution in [3.63, 3.8) is 0 Å². The minimum atomic E-state index is -0.300. The van der Waals surface area contributed by atoms with Crippen LogP contribution >= 0.6 is 0 Å². The van der Waals surface area contributed by atoms with Gasteiger partial charge in [-0.15, -0.1) is 0 Å². The molecule has 0 aromatic heterocycles. The fourth-order valence-electron chi connectivity index (χ4n) is 1.12. The molecule has 1 N–H and O–H groups in total. The predicted octanol–water partition coefficient (Wildman–Crippen LogP) is 0.568. The SMILES string of the molecule is O=C1NC(=O)c2ccccc21.[Au]. The van der Waals surface area contributed by atoms with Gasteiger partial charge in [-0.3, -0.25) is 14.9 Å². The number of hydrogen-bond donors (Lipinski definition) is 1. The Morgan fingerprint density at radius 3 is 1.75 bits per heavy atom. The molecule has 65 valence electrons. The first-order valence-corrected chi connectivity index (χ1v) is 3.24. The number of hydrogen-bond acceptors (Lipinski definition) is 2. The number of rotatable bonds is 0. The van der Waals surface area contributed by atoms with Gasteiger partial charge in [0.2, 0.25) is 0 Å². The molecule has 0 spiro atoms. The summed E-state index contributed by atoms with van der Waals surface area (Å²) in [5, 5.41) is 2.20. The summed E-state index contributed by atoms with van der Waals surface area (Å²) in [7, 11) is 0. The van der Waals surface area contributed by atoms with Crippen LogP contribution in [0.25, 0.3) is 0 Å². The van der Waals surface area contributed by atoms with E-state index in [1.807, 2.05) is 0 Å².